The van der Waals surface area contributed by atoms with Gasteiger partial charge in [0.2, 0.25) is 0 Å². The molecule has 1 aromatic rings. The molecule has 0 aromatic heterocycles. The Labute approximate surface area is 95.8 Å². The Morgan fingerprint density at radius 1 is 1.38 bits per heavy atom. The van der Waals surface area contributed by atoms with Gasteiger partial charge in [0.25, 0.3) is 0 Å². The first-order valence-corrected chi connectivity index (χ1v) is 5.19. The van der Waals surface area contributed by atoms with Crippen molar-refractivity contribution in [2.75, 3.05) is 0 Å². The summed E-state index contributed by atoms with van der Waals surface area (Å²) in [6, 6.07) is 7.33. The fraction of sp³-hybridized carbons (Fsp3) is 0.417. The molecule has 1 amide bonds. The van der Waals surface area contributed by atoms with E-state index < -0.39 is 6.09 Å². The first-order valence-electron chi connectivity index (χ1n) is 5.19. The normalized spacial score (nSPS) is 11.2. The third-order valence-electron chi connectivity index (χ3n) is 1.99. The van der Waals surface area contributed by atoms with E-state index in [0.29, 0.717) is 12.3 Å². The zero-order valence-corrected chi connectivity index (χ0v) is 9.91. The smallest absolute Gasteiger partial charge is 0.409 e. The summed E-state index contributed by atoms with van der Waals surface area (Å²) in [5.74, 6) is 0.506. The number of nitrogens with two attached hydrogens (primary N) is 1. The molecule has 0 atom stereocenters. The standard InChI is InChI=1S/C12H18N2O2/c1-12(2,3)14-8-9-6-4-5-7-10(9)16-11(13)15/h4-7,14H,8H2,1-3H3,(H2,13,15). The molecule has 1 rings (SSSR count). The van der Waals surface area contributed by atoms with Crippen LogP contribution in [-0.4, -0.2) is 11.6 Å². The molecule has 0 fully saturated rings. The molecule has 0 aliphatic heterocycles. The number of benzene rings is 1. The third-order valence-corrected chi connectivity index (χ3v) is 1.99. The fourth-order valence-corrected chi connectivity index (χ4v) is 1.22. The lowest BCUT2D eigenvalue weighted by Gasteiger charge is -2.21. The fourth-order valence-electron chi connectivity index (χ4n) is 1.22. The minimum Gasteiger partial charge on any atom is -0.410 e. The molecular weight excluding hydrogens is 204 g/mol. The van der Waals surface area contributed by atoms with Crippen molar-refractivity contribution in [3.63, 3.8) is 0 Å². The third kappa shape index (κ3) is 4.31. The lowest BCUT2D eigenvalue weighted by atomic mass is 10.1. The molecule has 0 saturated heterocycles. The second kappa shape index (κ2) is 4.99. The molecule has 0 aliphatic carbocycles. The highest BCUT2D eigenvalue weighted by Gasteiger charge is 2.11. The molecule has 0 bridgehead atoms. The van der Waals surface area contributed by atoms with Crippen LogP contribution in [0.25, 0.3) is 0 Å². The molecule has 16 heavy (non-hydrogen) atoms. The maximum Gasteiger partial charge on any atom is 0.409 e. The van der Waals surface area contributed by atoms with E-state index in [4.69, 9.17) is 10.5 Å². The van der Waals surface area contributed by atoms with E-state index in [9.17, 15) is 4.79 Å². The van der Waals surface area contributed by atoms with Gasteiger partial charge in [0.05, 0.1) is 0 Å². The molecule has 0 aliphatic rings. The van der Waals surface area contributed by atoms with Crippen molar-refractivity contribution in [2.24, 2.45) is 5.73 Å². The number of primary amides is 1. The summed E-state index contributed by atoms with van der Waals surface area (Å²) >= 11 is 0. The number of rotatable bonds is 3. The molecule has 3 N–H and O–H groups in total. The quantitative estimate of drug-likeness (QED) is 0.822. The van der Waals surface area contributed by atoms with Crippen molar-refractivity contribution in [2.45, 2.75) is 32.9 Å². The van der Waals surface area contributed by atoms with Crippen LogP contribution in [-0.2, 0) is 6.54 Å². The molecule has 1 aromatic carbocycles. The Balaban J connectivity index is 2.75. The van der Waals surface area contributed by atoms with Gasteiger partial charge in [0.15, 0.2) is 0 Å². The minimum absolute atomic E-state index is 0.0137. The summed E-state index contributed by atoms with van der Waals surface area (Å²) in [4.78, 5) is 10.7. The summed E-state index contributed by atoms with van der Waals surface area (Å²) in [5, 5.41) is 3.32. The van der Waals surface area contributed by atoms with Crippen LogP contribution in [0.3, 0.4) is 0 Å². The Bertz CT molecular complexity index is 370. The van der Waals surface area contributed by atoms with E-state index in [2.05, 4.69) is 26.1 Å². The van der Waals surface area contributed by atoms with Crippen LogP contribution < -0.4 is 15.8 Å². The van der Waals surface area contributed by atoms with Crippen molar-refractivity contribution in [3.05, 3.63) is 29.8 Å². The number of carbonyl (C=O) groups is 1. The topological polar surface area (TPSA) is 64.3 Å². The highest BCUT2D eigenvalue weighted by atomic mass is 16.5. The van der Waals surface area contributed by atoms with Gasteiger partial charge in [0.1, 0.15) is 5.75 Å². The van der Waals surface area contributed by atoms with Gasteiger partial charge in [-0.1, -0.05) is 18.2 Å². The van der Waals surface area contributed by atoms with Crippen LogP contribution in [0, 0.1) is 0 Å². The summed E-state index contributed by atoms with van der Waals surface area (Å²) < 4.78 is 4.91. The molecule has 88 valence electrons. The lowest BCUT2D eigenvalue weighted by Crippen LogP contribution is -2.35. The second-order valence-electron chi connectivity index (χ2n) is 4.63. The predicted octanol–water partition coefficient (Wildman–Crippen LogP) is 2.03. The Hall–Kier alpha value is -1.55. The summed E-state index contributed by atoms with van der Waals surface area (Å²) in [7, 11) is 0. The predicted molar refractivity (Wildman–Crippen MR) is 63.2 cm³/mol. The van der Waals surface area contributed by atoms with E-state index in [1.165, 1.54) is 0 Å². The van der Waals surface area contributed by atoms with Crippen molar-refractivity contribution < 1.29 is 9.53 Å². The van der Waals surface area contributed by atoms with Gasteiger partial charge < -0.3 is 15.8 Å². The minimum atomic E-state index is -0.789. The van der Waals surface area contributed by atoms with Gasteiger partial charge in [-0.3, -0.25) is 0 Å². The molecule has 0 spiro atoms. The van der Waals surface area contributed by atoms with E-state index in [0.717, 1.165) is 5.56 Å². The number of ether oxygens (including phenoxy) is 1. The number of para-hydroxylation sites is 1. The average molecular weight is 222 g/mol. The SMILES string of the molecule is CC(C)(C)NCc1ccccc1OC(N)=O. The van der Waals surface area contributed by atoms with Crippen LogP contribution in [0.1, 0.15) is 26.3 Å². The van der Waals surface area contributed by atoms with Crippen LogP contribution in [0.15, 0.2) is 24.3 Å². The van der Waals surface area contributed by atoms with E-state index in [1.54, 1.807) is 12.1 Å². The maximum absolute atomic E-state index is 10.7. The number of hydrogen-bond donors (Lipinski definition) is 2. The van der Waals surface area contributed by atoms with E-state index in [-0.39, 0.29) is 5.54 Å². The van der Waals surface area contributed by atoms with Crippen LogP contribution in [0.2, 0.25) is 0 Å². The van der Waals surface area contributed by atoms with Crippen LogP contribution >= 0.6 is 0 Å². The van der Waals surface area contributed by atoms with Crippen molar-refractivity contribution in [1.82, 2.24) is 5.32 Å². The number of carbonyl (C=O) groups excluding carboxylic acids is 1. The monoisotopic (exact) mass is 222 g/mol. The van der Waals surface area contributed by atoms with Gasteiger partial charge in [-0.05, 0) is 26.8 Å². The average Bonchev–Trinajstić information content (AvgIpc) is 2.14. The van der Waals surface area contributed by atoms with E-state index in [1.807, 2.05) is 12.1 Å². The first-order chi connectivity index (χ1) is 7.38. The Morgan fingerprint density at radius 3 is 2.56 bits per heavy atom. The molecule has 0 unspecified atom stereocenters. The second-order valence-corrected chi connectivity index (χ2v) is 4.63. The molecular formula is C12H18N2O2. The summed E-state index contributed by atoms with van der Waals surface area (Å²) in [6.45, 7) is 6.85. The van der Waals surface area contributed by atoms with Gasteiger partial charge in [-0.25, -0.2) is 4.79 Å². The molecule has 4 nitrogen and oxygen atoms in total. The molecule has 0 radical (unpaired) electrons. The summed E-state index contributed by atoms with van der Waals surface area (Å²) in [6.07, 6.45) is -0.789. The Morgan fingerprint density at radius 2 is 2.00 bits per heavy atom. The number of amides is 1. The molecule has 0 heterocycles. The number of hydrogen-bond acceptors (Lipinski definition) is 3. The lowest BCUT2D eigenvalue weighted by molar-refractivity contribution is 0.210. The maximum atomic E-state index is 10.7. The zero-order chi connectivity index (χ0) is 12.2. The van der Waals surface area contributed by atoms with Gasteiger partial charge in [0, 0.05) is 17.6 Å². The van der Waals surface area contributed by atoms with E-state index >= 15 is 0 Å². The van der Waals surface area contributed by atoms with Crippen molar-refractivity contribution in [1.29, 1.82) is 0 Å². The van der Waals surface area contributed by atoms with Gasteiger partial charge >= 0.3 is 6.09 Å². The largest absolute Gasteiger partial charge is 0.410 e. The highest BCUT2D eigenvalue weighted by Crippen LogP contribution is 2.18. The van der Waals surface area contributed by atoms with Crippen LogP contribution in [0.4, 0.5) is 4.79 Å². The Kier molecular flexibility index (Phi) is 3.90. The first kappa shape index (κ1) is 12.5. The molecule has 4 heteroatoms. The zero-order valence-electron chi connectivity index (χ0n) is 9.91. The van der Waals surface area contributed by atoms with Crippen molar-refractivity contribution in [3.8, 4) is 5.75 Å². The number of nitrogens with one attached hydrogen (secondary N) is 1. The molecule has 0 saturated carbocycles. The van der Waals surface area contributed by atoms with Gasteiger partial charge in [-0.2, -0.15) is 0 Å². The van der Waals surface area contributed by atoms with Gasteiger partial charge in [-0.15, -0.1) is 0 Å². The van der Waals surface area contributed by atoms with Crippen LogP contribution in [0.5, 0.6) is 5.75 Å². The highest BCUT2D eigenvalue weighted by molar-refractivity contribution is 5.68. The van der Waals surface area contributed by atoms with Crippen molar-refractivity contribution >= 4 is 6.09 Å². The summed E-state index contributed by atoms with van der Waals surface area (Å²) in [5.41, 5.74) is 5.92.